The summed E-state index contributed by atoms with van der Waals surface area (Å²) in [4.78, 5) is 0. The molecule has 0 spiro atoms. The lowest BCUT2D eigenvalue weighted by Gasteiger charge is -2.04. The van der Waals surface area contributed by atoms with Gasteiger partial charge in [-0.05, 0) is 27.2 Å². The van der Waals surface area contributed by atoms with E-state index in [-0.39, 0.29) is 18.8 Å². The lowest BCUT2D eigenvalue weighted by atomic mass is 10.3. The minimum absolute atomic E-state index is 0.199. The summed E-state index contributed by atoms with van der Waals surface area (Å²) in [5, 5.41) is 16.8. The van der Waals surface area contributed by atoms with E-state index in [1.54, 1.807) is 14.0 Å². The van der Waals surface area contributed by atoms with Crippen LogP contribution in [0.15, 0.2) is 0 Å². The molecule has 2 unspecified atom stereocenters. The quantitative estimate of drug-likeness (QED) is 0.678. The predicted molar refractivity (Wildman–Crippen MR) is 56.3 cm³/mol. The third-order valence-electron chi connectivity index (χ3n) is 1.50. The number of aliphatic hydroxyl groups excluding tert-OH is 2. The highest BCUT2D eigenvalue weighted by Gasteiger charge is 1.93. The Kier molecular flexibility index (Phi) is 14.9. The Balaban J connectivity index is 0. The van der Waals surface area contributed by atoms with E-state index in [0.717, 1.165) is 6.42 Å². The summed E-state index contributed by atoms with van der Waals surface area (Å²) in [5.41, 5.74) is 0. The van der Waals surface area contributed by atoms with Gasteiger partial charge in [-0.25, -0.2) is 0 Å². The van der Waals surface area contributed by atoms with Crippen molar-refractivity contribution in [2.75, 3.05) is 26.9 Å². The molecule has 0 aliphatic heterocycles. The largest absolute Gasteiger partial charge is 0.396 e. The van der Waals surface area contributed by atoms with Crippen molar-refractivity contribution in [1.82, 2.24) is 0 Å². The van der Waals surface area contributed by atoms with Crippen LogP contribution in [0.2, 0.25) is 0 Å². The minimum atomic E-state index is -0.319. The van der Waals surface area contributed by atoms with Crippen LogP contribution in [0.1, 0.15) is 27.2 Å². The lowest BCUT2D eigenvalue weighted by molar-refractivity contribution is 0.0527. The van der Waals surface area contributed by atoms with E-state index >= 15 is 0 Å². The molecule has 0 aromatic heterocycles. The van der Waals surface area contributed by atoms with Crippen molar-refractivity contribution in [3.05, 3.63) is 0 Å². The molecule has 14 heavy (non-hydrogen) atoms. The Morgan fingerprint density at radius 1 is 1.29 bits per heavy atom. The molecular weight excluding hydrogens is 184 g/mol. The Morgan fingerprint density at radius 3 is 2.00 bits per heavy atom. The van der Waals surface area contributed by atoms with E-state index in [0.29, 0.717) is 13.2 Å². The summed E-state index contributed by atoms with van der Waals surface area (Å²) in [7, 11) is 1.64. The van der Waals surface area contributed by atoms with Crippen LogP contribution in [-0.2, 0) is 9.47 Å². The van der Waals surface area contributed by atoms with Crippen LogP contribution in [0.3, 0.4) is 0 Å². The van der Waals surface area contributed by atoms with Gasteiger partial charge in [-0.15, -0.1) is 0 Å². The average Bonchev–Trinajstić information content (AvgIpc) is 2.16. The molecule has 2 N–H and O–H groups in total. The molecular formula is C10H24O4. The molecule has 0 aliphatic rings. The van der Waals surface area contributed by atoms with Gasteiger partial charge in [0.1, 0.15) is 0 Å². The second-order valence-corrected chi connectivity index (χ2v) is 3.07. The predicted octanol–water partition coefficient (Wildman–Crippen LogP) is 0.807. The number of hydrogen-bond acceptors (Lipinski definition) is 4. The summed E-state index contributed by atoms with van der Waals surface area (Å²) in [5.74, 6) is 0. The van der Waals surface area contributed by atoms with E-state index < -0.39 is 0 Å². The van der Waals surface area contributed by atoms with Crippen LogP contribution in [0.25, 0.3) is 0 Å². The molecule has 0 saturated heterocycles. The first-order chi connectivity index (χ1) is 6.58. The first-order valence-electron chi connectivity index (χ1n) is 4.97. The van der Waals surface area contributed by atoms with Crippen molar-refractivity contribution in [3.63, 3.8) is 0 Å². The van der Waals surface area contributed by atoms with Crippen molar-refractivity contribution < 1.29 is 19.7 Å². The Bertz CT molecular complexity index is 96.1. The van der Waals surface area contributed by atoms with Gasteiger partial charge in [-0.1, -0.05) is 0 Å². The third-order valence-corrected chi connectivity index (χ3v) is 1.50. The van der Waals surface area contributed by atoms with Gasteiger partial charge >= 0.3 is 0 Å². The minimum Gasteiger partial charge on any atom is -0.396 e. The van der Waals surface area contributed by atoms with Gasteiger partial charge in [0.2, 0.25) is 0 Å². The van der Waals surface area contributed by atoms with Gasteiger partial charge in [0.25, 0.3) is 0 Å². The van der Waals surface area contributed by atoms with Crippen LogP contribution in [0.5, 0.6) is 0 Å². The first kappa shape index (κ1) is 16.3. The van der Waals surface area contributed by atoms with Crippen molar-refractivity contribution in [3.8, 4) is 0 Å². The molecule has 0 heterocycles. The number of hydrogen-bond donors (Lipinski definition) is 2. The fraction of sp³-hybridized carbons (Fsp3) is 1.00. The van der Waals surface area contributed by atoms with E-state index in [1.807, 2.05) is 13.8 Å². The fourth-order valence-electron chi connectivity index (χ4n) is 0.588. The summed E-state index contributed by atoms with van der Waals surface area (Å²) in [6.07, 6.45) is 0.612. The summed E-state index contributed by atoms with van der Waals surface area (Å²) >= 11 is 0. The van der Waals surface area contributed by atoms with Crippen molar-refractivity contribution in [2.45, 2.75) is 39.4 Å². The van der Waals surface area contributed by atoms with E-state index in [1.165, 1.54) is 0 Å². The highest BCUT2D eigenvalue weighted by atomic mass is 16.5. The zero-order valence-corrected chi connectivity index (χ0v) is 9.69. The molecule has 0 aromatic carbocycles. The molecule has 88 valence electrons. The zero-order chi connectivity index (χ0) is 11.4. The number of rotatable bonds is 6. The molecule has 0 rings (SSSR count). The van der Waals surface area contributed by atoms with E-state index in [2.05, 4.69) is 0 Å². The Morgan fingerprint density at radius 2 is 1.86 bits per heavy atom. The molecule has 0 fully saturated rings. The molecule has 4 nitrogen and oxygen atoms in total. The maximum atomic E-state index is 8.56. The number of ether oxygens (including phenoxy) is 2. The molecule has 0 saturated carbocycles. The van der Waals surface area contributed by atoms with Gasteiger partial charge < -0.3 is 19.7 Å². The van der Waals surface area contributed by atoms with Crippen LogP contribution >= 0.6 is 0 Å². The molecule has 0 aromatic rings. The standard InChI is InChI=1S/2C5H12O2/c1-5(7-2)3-4-6;1-3-7-4-5(2)6/h2*5-6H,3-4H2,1-2H3. The summed E-state index contributed by atoms with van der Waals surface area (Å²) < 4.78 is 9.68. The normalized spacial score (nSPS) is 14.1. The monoisotopic (exact) mass is 208 g/mol. The van der Waals surface area contributed by atoms with Crippen LogP contribution < -0.4 is 0 Å². The molecule has 4 heteroatoms. The Hall–Kier alpha value is -0.160. The number of methoxy groups -OCH3 is 1. The van der Waals surface area contributed by atoms with Gasteiger partial charge in [0.05, 0.1) is 18.8 Å². The maximum Gasteiger partial charge on any atom is 0.0745 e. The number of aliphatic hydroxyl groups is 2. The van der Waals surface area contributed by atoms with Crippen LogP contribution in [-0.4, -0.2) is 49.4 Å². The average molecular weight is 208 g/mol. The Labute approximate surface area is 86.8 Å². The van der Waals surface area contributed by atoms with Gasteiger partial charge in [-0.3, -0.25) is 0 Å². The smallest absolute Gasteiger partial charge is 0.0745 e. The van der Waals surface area contributed by atoms with E-state index in [9.17, 15) is 0 Å². The fourth-order valence-corrected chi connectivity index (χ4v) is 0.588. The van der Waals surface area contributed by atoms with Gasteiger partial charge in [-0.2, -0.15) is 0 Å². The topological polar surface area (TPSA) is 58.9 Å². The van der Waals surface area contributed by atoms with Gasteiger partial charge in [0.15, 0.2) is 0 Å². The van der Waals surface area contributed by atoms with Gasteiger partial charge in [0, 0.05) is 20.3 Å². The summed E-state index contributed by atoms with van der Waals surface area (Å²) in [6.45, 7) is 6.89. The van der Waals surface area contributed by atoms with E-state index in [4.69, 9.17) is 19.7 Å². The zero-order valence-electron chi connectivity index (χ0n) is 9.69. The first-order valence-corrected chi connectivity index (χ1v) is 4.97. The third kappa shape index (κ3) is 17.8. The maximum absolute atomic E-state index is 8.56. The van der Waals surface area contributed by atoms with Crippen molar-refractivity contribution in [2.24, 2.45) is 0 Å². The van der Waals surface area contributed by atoms with Crippen molar-refractivity contribution >= 4 is 0 Å². The second kappa shape index (κ2) is 12.8. The molecule has 0 aliphatic carbocycles. The van der Waals surface area contributed by atoms with Crippen LogP contribution in [0.4, 0.5) is 0 Å². The second-order valence-electron chi connectivity index (χ2n) is 3.07. The lowest BCUT2D eigenvalue weighted by Crippen LogP contribution is -2.09. The molecule has 2 atom stereocenters. The van der Waals surface area contributed by atoms with Crippen LogP contribution in [0, 0.1) is 0 Å². The summed E-state index contributed by atoms with van der Waals surface area (Å²) in [6, 6.07) is 0. The highest BCUT2D eigenvalue weighted by Crippen LogP contribution is 1.90. The molecule has 0 radical (unpaired) electrons. The highest BCUT2D eigenvalue weighted by molar-refractivity contribution is 4.44. The molecule has 0 amide bonds. The SMILES string of the molecule is CCOCC(C)O.COC(C)CCO. The van der Waals surface area contributed by atoms with Crippen molar-refractivity contribution in [1.29, 1.82) is 0 Å². The molecule has 0 bridgehead atoms.